The van der Waals surface area contributed by atoms with Crippen molar-refractivity contribution in [2.45, 2.75) is 55.3 Å². The van der Waals surface area contributed by atoms with Crippen LogP contribution in [0.25, 0.3) is 0 Å². The molecule has 1 spiro atoms. The summed E-state index contributed by atoms with van der Waals surface area (Å²) in [6, 6.07) is 4.45. The zero-order chi connectivity index (χ0) is 15.1. The number of aliphatic hydroxyl groups is 1. The van der Waals surface area contributed by atoms with E-state index in [1.54, 1.807) is 7.11 Å². The summed E-state index contributed by atoms with van der Waals surface area (Å²) in [5.41, 5.74) is 1.85. The van der Waals surface area contributed by atoms with Gasteiger partial charge >= 0.3 is 0 Å². The van der Waals surface area contributed by atoms with E-state index in [0.29, 0.717) is 0 Å². The average Bonchev–Trinajstić information content (AvgIpc) is 2.52. The van der Waals surface area contributed by atoms with Gasteiger partial charge in [0.05, 0.1) is 12.7 Å². The summed E-state index contributed by atoms with van der Waals surface area (Å²) in [4.78, 5) is 2.37. The van der Waals surface area contributed by atoms with E-state index in [1.165, 1.54) is 11.1 Å². The van der Waals surface area contributed by atoms with Crippen molar-refractivity contribution < 1.29 is 14.6 Å². The highest BCUT2D eigenvalue weighted by molar-refractivity contribution is 5.60. The molecule has 1 saturated carbocycles. The molecule has 0 aromatic heterocycles. The van der Waals surface area contributed by atoms with Gasteiger partial charge in [0.1, 0.15) is 6.10 Å². The van der Waals surface area contributed by atoms with E-state index in [9.17, 15) is 5.11 Å². The molecule has 118 valence electrons. The molecule has 1 aromatic rings. The highest BCUT2D eigenvalue weighted by Crippen LogP contribution is 2.63. The van der Waals surface area contributed by atoms with E-state index in [4.69, 9.17) is 9.47 Å². The number of benzene rings is 1. The van der Waals surface area contributed by atoms with Crippen molar-refractivity contribution in [3.8, 4) is 11.5 Å². The fourth-order valence-electron chi connectivity index (χ4n) is 5.80. The summed E-state index contributed by atoms with van der Waals surface area (Å²) in [5.74, 6) is 1.74. The van der Waals surface area contributed by atoms with Crippen LogP contribution in [0, 0.1) is 0 Å². The maximum atomic E-state index is 11.7. The van der Waals surface area contributed by atoms with Crippen molar-refractivity contribution in [3.63, 3.8) is 0 Å². The maximum absolute atomic E-state index is 11.7. The monoisotopic (exact) mass is 301 g/mol. The number of methoxy groups -OCH3 is 1. The average molecular weight is 301 g/mol. The molecule has 0 amide bonds. The molecule has 22 heavy (non-hydrogen) atoms. The van der Waals surface area contributed by atoms with E-state index in [1.807, 2.05) is 6.07 Å². The Morgan fingerprint density at radius 1 is 1.36 bits per heavy atom. The van der Waals surface area contributed by atoms with Crippen LogP contribution in [0.4, 0.5) is 0 Å². The Bertz CT molecular complexity index is 660. The second-order valence-electron chi connectivity index (χ2n) is 7.57. The van der Waals surface area contributed by atoms with Gasteiger partial charge in [-0.25, -0.2) is 0 Å². The van der Waals surface area contributed by atoms with Crippen molar-refractivity contribution in [3.05, 3.63) is 23.3 Å². The van der Waals surface area contributed by atoms with E-state index >= 15 is 0 Å². The maximum Gasteiger partial charge on any atom is 0.165 e. The van der Waals surface area contributed by atoms with Crippen LogP contribution in [0.3, 0.4) is 0 Å². The number of likely N-dealkylation sites (N-methyl/N-ethyl adjacent to an activating group) is 1. The van der Waals surface area contributed by atoms with Gasteiger partial charge in [0.25, 0.3) is 0 Å². The summed E-state index contributed by atoms with van der Waals surface area (Å²) in [6.45, 7) is 1.05. The van der Waals surface area contributed by atoms with Crippen LogP contribution < -0.4 is 9.47 Å². The summed E-state index contributed by atoms with van der Waals surface area (Å²) < 4.78 is 11.9. The third kappa shape index (κ3) is 1.29. The lowest BCUT2D eigenvalue weighted by molar-refractivity contribution is -0.183. The Hall–Kier alpha value is -1.26. The molecular formula is C18H23NO3. The normalized spacial score (nSPS) is 41.8. The van der Waals surface area contributed by atoms with Crippen LogP contribution in [0.15, 0.2) is 12.1 Å². The highest BCUT2D eigenvalue weighted by Gasteiger charge is 2.67. The first-order chi connectivity index (χ1) is 10.6. The molecule has 4 aliphatic rings. The quantitative estimate of drug-likeness (QED) is 0.860. The zero-order valence-corrected chi connectivity index (χ0v) is 13.3. The predicted octanol–water partition coefficient (Wildman–Crippen LogP) is 1.87. The van der Waals surface area contributed by atoms with E-state index in [-0.39, 0.29) is 17.6 Å². The number of ether oxygens (including phenoxy) is 2. The lowest BCUT2D eigenvalue weighted by atomic mass is 9.48. The van der Waals surface area contributed by atoms with Crippen LogP contribution in [0.1, 0.15) is 36.8 Å². The second kappa shape index (κ2) is 3.98. The molecule has 5 rings (SSSR count). The molecule has 4 nitrogen and oxygen atoms in total. The number of hydrogen-bond acceptors (Lipinski definition) is 4. The minimum Gasteiger partial charge on any atom is -0.493 e. The first-order valence-electron chi connectivity index (χ1n) is 8.39. The lowest BCUT2D eigenvalue weighted by Gasteiger charge is -2.65. The number of piperidine rings is 1. The molecule has 1 saturated heterocycles. The predicted molar refractivity (Wildman–Crippen MR) is 82.6 cm³/mol. The van der Waals surface area contributed by atoms with Gasteiger partial charge in [-0.3, -0.25) is 0 Å². The molecule has 1 aromatic carbocycles. The van der Waals surface area contributed by atoms with Gasteiger partial charge in [-0.1, -0.05) is 6.07 Å². The molecule has 4 atom stereocenters. The minimum atomic E-state index is -0.617. The molecule has 2 heterocycles. The number of hydrogen-bond donors (Lipinski definition) is 1. The molecule has 0 radical (unpaired) electrons. The minimum absolute atomic E-state index is 0.136. The number of rotatable bonds is 1. The summed E-state index contributed by atoms with van der Waals surface area (Å²) in [5, 5.41) is 11.7. The van der Waals surface area contributed by atoms with Gasteiger partial charge in [-0.15, -0.1) is 0 Å². The van der Waals surface area contributed by atoms with Gasteiger partial charge in [-0.05, 0) is 57.3 Å². The van der Waals surface area contributed by atoms with Crippen molar-refractivity contribution in [2.75, 3.05) is 20.7 Å². The van der Waals surface area contributed by atoms with Gasteiger partial charge in [0.2, 0.25) is 0 Å². The van der Waals surface area contributed by atoms with Crippen LogP contribution in [0.5, 0.6) is 11.5 Å². The molecule has 4 heteroatoms. The summed E-state index contributed by atoms with van der Waals surface area (Å²) >= 11 is 0. The fraction of sp³-hybridized carbons (Fsp3) is 0.667. The van der Waals surface area contributed by atoms with Gasteiger partial charge < -0.3 is 19.5 Å². The first-order valence-corrected chi connectivity index (χ1v) is 8.39. The molecule has 2 aliphatic carbocycles. The SMILES string of the molecule is COc1ccc2c3c1O[C@H]1CC[C@@]4(O)[C@@H](C2)N(C)CC[C@@]34C1. The fourth-order valence-corrected chi connectivity index (χ4v) is 5.80. The zero-order valence-electron chi connectivity index (χ0n) is 13.3. The third-order valence-corrected chi connectivity index (χ3v) is 6.83. The van der Waals surface area contributed by atoms with Crippen molar-refractivity contribution in [1.29, 1.82) is 0 Å². The van der Waals surface area contributed by atoms with E-state index in [0.717, 1.165) is 50.1 Å². The number of nitrogens with zero attached hydrogens (tertiary/aromatic N) is 1. The van der Waals surface area contributed by atoms with E-state index < -0.39 is 5.60 Å². The number of fused-ring (bicyclic) bond motifs is 1. The standard InChI is InChI=1S/C18H23NO3/c1-19-8-7-17-10-12-5-6-18(17,20)14(19)9-11-3-4-13(21-2)16(22-12)15(11)17/h3-4,12,14,20H,5-10H2,1-2H3/t12-,14+,17+,18+/m0/s1. The topological polar surface area (TPSA) is 41.9 Å². The van der Waals surface area contributed by atoms with Crippen molar-refractivity contribution in [2.24, 2.45) is 0 Å². The van der Waals surface area contributed by atoms with Gasteiger partial charge in [-0.2, -0.15) is 0 Å². The largest absolute Gasteiger partial charge is 0.493 e. The van der Waals surface area contributed by atoms with Crippen LogP contribution in [-0.4, -0.2) is 48.5 Å². The molecule has 2 fully saturated rings. The molecule has 1 N–H and O–H groups in total. The highest BCUT2D eigenvalue weighted by atomic mass is 16.5. The smallest absolute Gasteiger partial charge is 0.165 e. The second-order valence-corrected chi connectivity index (χ2v) is 7.57. The van der Waals surface area contributed by atoms with Crippen LogP contribution in [0.2, 0.25) is 0 Å². The number of likely N-dealkylation sites (tertiary alicyclic amines) is 1. The molecule has 0 unspecified atom stereocenters. The van der Waals surface area contributed by atoms with Gasteiger partial charge in [0.15, 0.2) is 11.5 Å². The first kappa shape index (κ1) is 13.2. The Labute approximate surface area is 131 Å². The van der Waals surface area contributed by atoms with E-state index in [2.05, 4.69) is 18.0 Å². The Morgan fingerprint density at radius 3 is 3.05 bits per heavy atom. The van der Waals surface area contributed by atoms with Crippen LogP contribution in [-0.2, 0) is 11.8 Å². The van der Waals surface area contributed by atoms with Gasteiger partial charge in [0, 0.05) is 17.0 Å². The van der Waals surface area contributed by atoms with Crippen LogP contribution >= 0.6 is 0 Å². The molecule has 3 bridgehead atoms. The Kier molecular flexibility index (Phi) is 2.39. The summed E-state index contributed by atoms with van der Waals surface area (Å²) in [7, 11) is 3.87. The molecular weight excluding hydrogens is 278 g/mol. The lowest BCUT2D eigenvalue weighted by Crippen LogP contribution is -2.74. The van der Waals surface area contributed by atoms with Crippen molar-refractivity contribution >= 4 is 0 Å². The Balaban J connectivity index is 1.84. The Morgan fingerprint density at radius 2 is 2.23 bits per heavy atom. The summed E-state index contributed by atoms with van der Waals surface area (Å²) in [6.07, 6.45) is 4.90. The third-order valence-electron chi connectivity index (χ3n) is 6.83. The molecule has 2 aliphatic heterocycles. The van der Waals surface area contributed by atoms with Crippen molar-refractivity contribution in [1.82, 2.24) is 4.90 Å².